The molecule has 0 atom stereocenters. The summed E-state index contributed by atoms with van der Waals surface area (Å²) in [6, 6.07) is 12.1. The summed E-state index contributed by atoms with van der Waals surface area (Å²) in [6.45, 7) is 0.918. The average Bonchev–Trinajstić information content (AvgIpc) is 2.96. The number of thiophene rings is 1. The normalized spacial score (nSPS) is 11.2. The number of rotatable bonds is 3. The van der Waals surface area contributed by atoms with E-state index in [1.54, 1.807) is 11.3 Å². The van der Waals surface area contributed by atoms with Gasteiger partial charge in [-0.3, -0.25) is 0 Å². The number of benzene rings is 1. The highest BCUT2D eigenvalue weighted by Crippen LogP contribution is 2.24. The van der Waals surface area contributed by atoms with Gasteiger partial charge in [-0.1, -0.05) is 17.7 Å². The molecule has 0 aliphatic heterocycles. The number of aliphatic hydroxyl groups is 1. The number of nitrogens with zero attached hydrogens (tertiary/aromatic N) is 1. The van der Waals surface area contributed by atoms with Gasteiger partial charge < -0.3 is 9.67 Å². The number of halogens is 1. The Bertz CT molecular complexity index is 686. The van der Waals surface area contributed by atoms with Crippen LogP contribution in [0.4, 0.5) is 0 Å². The lowest BCUT2D eigenvalue weighted by molar-refractivity contribution is 0.282. The molecular formula is C14H12ClNOS. The van der Waals surface area contributed by atoms with Crippen LogP contribution >= 0.6 is 22.9 Å². The van der Waals surface area contributed by atoms with Crippen molar-refractivity contribution in [1.82, 2.24) is 4.57 Å². The van der Waals surface area contributed by atoms with Gasteiger partial charge in [0.25, 0.3) is 0 Å². The summed E-state index contributed by atoms with van der Waals surface area (Å²) in [7, 11) is 0. The largest absolute Gasteiger partial charge is 0.392 e. The lowest BCUT2D eigenvalue weighted by atomic mass is 10.2. The number of hydrogen-bond donors (Lipinski definition) is 1. The summed E-state index contributed by atoms with van der Waals surface area (Å²) in [6.07, 6.45) is 2.07. The summed E-state index contributed by atoms with van der Waals surface area (Å²) < 4.78 is 3.02. The van der Waals surface area contributed by atoms with Crippen molar-refractivity contribution in [3.05, 3.63) is 57.4 Å². The second-order valence-electron chi connectivity index (χ2n) is 4.20. The zero-order valence-corrected chi connectivity index (χ0v) is 11.2. The Morgan fingerprint density at radius 2 is 2.06 bits per heavy atom. The molecule has 0 saturated carbocycles. The minimum atomic E-state index is 0.0850. The Labute approximate surface area is 114 Å². The van der Waals surface area contributed by atoms with E-state index < -0.39 is 0 Å². The molecule has 18 heavy (non-hydrogen) atoms. The van der Waals surface area contributed by atoms with Crippen molar-refractivity contribution in [2.75, 3.05) is 0 Å². The monoisotopic (exact) mass is 277 g/mol. The minimum absolute atomic E-state index is 0.0850. The third-order valence-corrected chi connectivity index (χ3v) is 4.19. The van der Waals surface area contributed by atoms with Gasteiger partial charge in [0.05, 0.1) is 17.5 Å². The topological polar surface area (TPSA) is 25.2 Å². The Morgan fingerprint density at radius 3 is 2.78 bits per heavy atom. The molecule has 0 spiro atoms. The molecule has 2 heterocycles. The van der Waals surface area contributed by atoms with Gasteiger partial charge in [-0.15, -0.1) is 11.3 Å². The number of aromatic nitrogens is 1. The van der Waals surface area contributed by atoms with Crippen LogP contribution in [-0.2, 0) is 13.2 Å². The van der Waals surface area contributed by atoms with E-state index in [1.165, 1.54) is 10.4 Å². The van der Waals surface area contributed by atoms with E-state index in [0.717, 1.165) is 21.8 Å². The average molecular weight is 278 g/mol. The highest BCUT2D eigenvalue weighted by molar-refractivity contribution is 7.16. The van der Waals surface area contributed by atoms with Crippen molar-refractivity contribution in [1.29, 1.82) is 0 Å². The van der Waals surface area contributed by atoms with Crippen LogP contribution in [0.15, 0.2) is 42.6 Å². The molecule has 2 aromatic heterocycles. The van der Waals surface area contributed by atoms with Crippen LogP contribution in [0.25, 0.3) is 10.9 Å². The third kappa shape index (κ3) is 2.17. The van der Waals surface area contributed by atoms with Crippen molar-refractivity contribution in [3.63, 3.8) is 0 Å². The maximum atomic E-state index is 9.12. The SMILES string of the molecule is OCc1ccc2c(ccn2Cc2ccc(Cl)s2)c1. The van der Waals surface area contributed by atoms with Crippen LogP contribution < -0.4 is 0 Å². The highest BCUT2D eigenvalue weighted by Gasteiger charge is 2.04. The predicted molar refractivity (Wildman–Crippen MR) is 76.3 cm³/mol. The first-order valence-electron chi connectivity index (χ1n) is 5.69. The smallest absolute Gasteiger partial charge is 0.0931 e. The third-order valence-electron chi connectivity index (χ3n) is 2.97. The lowest BCUT2D eigenvalue weighted by Crippen LogP contribution is -1.95. The second kappa shape index (κ2) is 4.76. The van der Waals surface area contributed by atoms with Crippen LogP contribution in [0.1, 0.15) is 10.4 Å². The zero-order valence-electron chi connectivity index (χ0n) is 9.64. The predicted octanol–water partition coefficient (Wildman–Crippen LogP) is 3.90. The summed E-state index contributed by atoms with van der Waals surface area (Å²) in [5.74, 6) is 0. The summed E-state index contributed by atoms with van der Waals surface area (Å²) in [4.78, 5) is 1.24. The van der Waals surface area contributed by atoms with Crippen LogP contribution in [0.3, 0.4) is 0 Å². The van der Waals surface area contributed by atoms with E-state index in [0.29, 0.717) is 0 Å². The summed E-state index contributed by atoms with van der Waals surface area (Å²) >= 11 is 7.55. The van der Waals surface area contributed by atoms with Gasteiger partial charge in [0.2, 0.25) is 0 Å². The van der Waals surface area contributed by atoms with E-state index >= 15 is 0 Å². The quantitative estimate of drug-likeness (QED) is 0.772. The fourth-order valence-corrected chi connectivity index (χ4v) is 3.18. The maximum absolute atomic E-state index is 9.12. The highest BCUT2D eigenvalue weighted by atomic mass is 35.5. The Balaban J connectivity index is 1.97. The fourth-order valence-electron chi connectivity index (χ4n) is 2.09. The molecule has 4 heteroatoms. The first kappa shape index (κ1) is 11.8. The number of hydrogen-bond acceptors (Lipinski definition) is 2. The zero-order chi connectivity index (χ0) is 12.5. The molecule has 0 radical (unpaired) electrons. The van der Waals surface area contributed by atoms with E-state index in [9.17, 15) is 0 Å². The van der Waals surface area contributed by atoms with Crippen LogP contribution in [0, 0.1) is 0 Å². The van der Waals surface area contributed by atoms with Gasteiger partial charge in [-0.05, 0) is 41.3 Å². The second-order valence-corrected chi connectivity index (χ2v) is 6.00. The van der Waals surface area contributed by atoms with E-state index in [4.69, 9.17) is 16.7 Å². The molecule has 0 fully saturated rings. The van der Waals surface area contributed by atoms with Crippen molar-refractivity contribution < 1.29 is 5.11 Å². The van der Waals surface area contributed by atoms with Crippen LogP contribution in [-0.4, -0.2) is 9.67 Å². The molecule has 0 unspecified atom stereocenters. The van der Waals surface area contributed by atoms with Gasteiger partial charge in [0, 0.05) is 16.6 Å². The number of aliphatic hydroxyl groups excluding tert-OH is 1. The molecule has 0 amide bonds. The van der Waals surface area contributed by atoms with Crippen molar-refractivity contribution in [2.24, 2.45) is 0 Å². The molecule has 2 nitrogen and oxygen atoms in total. The van der Waals surface area contributed by atoms with E-state index in [-0.39, 0.29) is 6.61 Å². The van der Waals surface area contributed by atoms with Crippen molar-refractivity contribution >= 4 is 33.8 Å². The molecule has 0 bridgehead atoms. The summed E-state index contributed by atoms with van der Waals surface area (Å²) in [5.41, 5.74) is 2.12. The molecule has 92 valence electrons. The van der Waals surface area contributed by atoms with Crippen molar-refractivity contribution in [2.45, 2.75) is 13.2 Å². The van der Waals surface area contributed by atoms with Gasteiger partial charge in [-0.2, -0.15) is 0 Å². The van der Waals surface area contributed by atoms with Gasteiger partial charge in [0.1, 0.15) is 0 Å². The molecule has 1 aromatic carbocycles. The molecule has 3 rings (SSSR count). The van der Waals surface area contributed by atoms with E-state index in [1.807, 2.05) is 18.2 Å². The van der Waals surface area contributed by atoms with Gasteiger partial charge >= 0.3 is 0 Å². The summed E-state index contributed by atoms with van der Waals surface area (Å²) in [5, 5.41) is 10.3. The molecule has 0 aliphatic rings. The van der Waals surface area contributed by atoms with Crippen LogP contribution in [0.2, 0.25) is 4.34 Å². The Hall–Kier alpha value is -1.29. The molecular weight excluding hydrogens is 266 g/mol. The molecule has 0 saturated heterocycles. The Kier molecular flexibility index (Phi) is 3.12. The maximum Gasteiger partial charge on any atom is 0.0931 e. The van der Waals surface area contributed by atoms with Crippen molar-refractivity contribution in [3.8, 4) is 0 Å². The lowest BCUT2D eigenvalue weighted by Gasteiger charge is -2.04. The van der Waals surface area contributed by atoms with Crippen LogP contribution in [0.5, 0.6) is 0 Å². The fraction of sp³-hybridized carbons (Fsp3) is 0.143. The van der Waals surface area contributed by atoms with Gasteiger partial charge in [-0.25, -0.2) is 0 Å². The van der Waals surface area contributed by atoms with E-state index in [2.05, 4.69) is 29.0 Å². The Morgan fingerprint density at radius 1 is 1.17 bits per heavy atom. The standard InChI is InChI=1S/C14H12ClNOS/c15-14-4-2-12(18-14)8-16-6-5-11-7-10(9-17)1-3-13(11)16/h1-7,17H,8-9H2. The molecule has 0 aliphatic carbocycles. The minimum Gasteiger partial charge on any atom is -0.392 e. The number of fused-ring (bicyclic) bond motifs is 1. The molecule has 3 aromatic rings. The van der Waals surface area contributed by atoms with Gasteiger partial charge in [0.15, 0.2) is 0 Å². The first-order valence-corrected chi connectivity index (χ1v) is 6.88. The molecule has 1 N–H and O–H groups in total. The first-order chi connectivity index (χ1) is 8.76.